The molecule has 1 saturated heterocycles. The van der Waals surface area contributed by atoms with Crippen molar-refractivity contribution >= 4 is 49.9 Å². The third kappa shape index (κ3) is 6.69. The van der Waals surface area contributed by atoms with Crippen molar-refractivity contribution in [3.8, 4) is 0 Å². The zero-order valence-corrected chi connectivity index (χ0v) is 23.2. The van der Waals surface area contributed by atoms with Crippen LogP contribution in [0.5, 0.6) is 0 Å². The monoisotopic (exact) mass is 542 g/mol. The molecule has 2 aromatic carbocycles. The third-order valence-electron chi connectivity index (χ3n) is 7.07. The van der Waals surface area contributed by atoms with Gasteiger partial charge in [-0.05, 0) is 61.4 Å². The lowest BCUT2D eigenvalue weighted by atomic mass is 10.0. The molecule has 3 heterocycles. The van der Waals surface area contributed by atoms with E-state index >= 15 is 0 Å². The minimum absolute atomic E-state index is 0.0132. The second-order valence-corrected chi connectivity index (χ2v) is 11.8. The van der Waals surface area contributed by atoms with Crippen LogP contribution in [-0.2, 0) is 16.1 Å². The summed E-state index contributed by atoms with van der Waals surface area (Å²) in [6.07, 6.45) is 1.85. The van der Waals surface area contributed by atoms with Crippen LogP contribution in [0.3, 0.4) is 0 Å². The van der Waals surface area contributed by atoms with E-state index in [2.05, 4.69) is 21.6 Å². The van der Waals surface area contributed by atoms with E-state index in [1.165, 1.54) is 11.3 Å². The summed E-state index contributed by atoms with van der Waals surface area (Å²) in [5.74, 6) is -0.390. The van der Waals surface area contributed by atoms with Gasteiger partial charge in [0.1, 0.15) is 6.04 Å². The summed E-state index contributed by atoms with van der Waals surface area (Å²) >= 11 is 1.41. The van der Waals surface area contributed by atoms with Crippen molar-refractivity contribution in [1.29, 1.82) is 0 Å². The molecule has 0 radical (unpaired) electrons. The number of hydrogen-bond acceptors (Lipinski definition) is 6. The Kier molecular flexibility index (Phi) is 8.33. The molecule has 4 aromatic rings. The fourth-order valence-corrected chi connectivity index (χ4v) is 6.07. The highest BCUT2D eigenvalue weighted by atomic mass is 32.1. The molecule has 0 saturated carbocycles. The standard InChI is InChI=1S/C31H34N4O3S/c1-20(2)16-26(34-31(38)29-17-22-9-4-6-12-28(22)39-29)30(37)33-25-11-7-15-35(19-27(25)36)18-23-14-13-21-8-3-5-10-24(21)32-23/h3-6,8-10,12-14,17,20,25-26H,7,11,15-16,18-19H2,1-2H3,(H,33,37)(H,34,38)/t25-,26?/m0/s1. The van der Waals surface area contributed by atoms with Crippen LogP contribution >= 0.6 is 11.3 Å². The first kappa shape index (κ1) is 27.0. The average Bonchev–Trinajstić information content (AvgIpc) is 3.28. The lowest BCUT2D eigenvalue weighted by Crippen LogP contribution is -2.52. The van der Waals surface area contributed by atoms with Gasteiger partial charge in [-0.15, -0.1) is 11.3 Å². The number of thiophene rings is 1. The number of fused-ring (bicyclic) bond motifs is 2. The van der Waals surface area contributed by atoms with Crippen LogP contribution in [0.25, 0.3) is 21.0 Å². The summed E-state index contributed by atoms with van der Waals surface area (Å²) in [7, 11) is 0. The Morgan fingerprint density at radius 3 is 2.62 bits per heavy atom. The normalized spacial score (nSPS) is 17.3. The number of para-hydroxylation sites is 1. The largest absolute Gasteiger partial charge is 0.344 e. The average molecular weight is 543 g/mol. The molecule has 2 N–H and O–H groups in total. The molecule has 39 heavy (non-hydrogen) atoms. The van der Waals surface area contributed by atoms with Gasteiger partial charge in [-0.2, -0.15) is 0 Å². The first-order valence-corrected chi connectivity index (χ1v) is 14.4. The minimum Gasteiger partial charge on any atom is -0.344 e. The van der Waals surface area contributed by atoms with E-state index in [0.717, 1.165) is 39.6 Å². The van der Waals surface area contributed by atoms with Gasteiger partial charge in [-0.25, -0.2) is 0 Å². The Labute approximate surface area is 232 Å². The molecule has 202 valence electrons. The van der Waals surface area contributed by atoms with E-state index in [1.807, 2.05) is 74.5 Å². The van der Waals surface area contributed by atoms with Crippen molar-refractivity contribution in [3.63, 3.8) is 0 Å². The number of ketones is 1. The van der Waals surface area contributed by atoms with Crippen LogP contribution in [-0.4, -0.2) is 52.7 Å². The number of nitrogens with one attached hydrogen (secondary N) is 2. The minimum atomic E-state index is -0.711. The molecule has 8 heteroatoms. The lowest BCUT2D eigenvalue weighted by molar-refractivity contribution is -0.129. The molecule has 0 aliphatic carbocycles. The van der Waals surface area contributed by atoms with Crippen molar-refractivity contribution in [2.24, 2.45) is 5.92 Å². The zero-order valence-electron chi connectivity index (χ0n) is 22.4. The fourth-order valence-electron chi connectivity index (χ4n) is 5.10. The maximum absolute atomic E-state index is 13.3. The summed E-state index contributed by atoms with van der Waals surface area (Å²) in [6.45, 7) is 5.62. The highest BCUT2D eigenvalue weighted by molar-refractivity contribution is 7.20. The molecule has 1 fully saturated rings. The van der Waals surface area contributed by atoms with E-state index in [-0.39, 0.29) is 30.1 Å². The van der Waals surface area contributed by atoms with Gasteiger partial charge in [0.2, 0.25) is 5.91 Å². The summed E-state index contributed by atoms with van der Waals surface area (Å²) in [5, 5.41) is 7.99. The third-order valence-corrected chi connectivity index (χ3v) is 8.19. The first-order valence-electron chi connectivity index (χ1n) is 13.6. The Balaban J connectivity index is 1.21. The van der Waals surface area contributed by atoms with Crippen LogP contribution in [0.15, 0.2) is 66.7 Å². The predicted octanol–water partition coefficient (Wildman–Crippen LogP) is 4.94. The van der Waals surface area contributed by atoms with E-state index in [9.17, 15) is 14.4 Å². The van der Waals surface area contributed by atoms with Crippen LogP contribution in [0.1, 0.15) is 48.5 Å². The summed E-state index contributed by atoms with van der Waals surface area (Å²) in [6, 6.07) is 20.5. The number of hydrogen-bond donors (Lipinski definition) is 2. The second-order valence-electron chi connectivity index (χ2n) is 10.7. The van der Waals surface area contributed by atoms with Crippen molar-refractivity contribution in [3.05, 3.63) is 77.3 Å². The van der Waals surface area contributed by atoms with Crippen molar-refractivity contribution in [2.75, 3.05) is 13.1 Å². The van der Waals surface area contributed by atoms with Crippen LogP contribution in [0.2, 0.25) is 0 Å². The second kappa shape index (κ2) is 12.1. The van der Waals surface area contributed by atoms with E-state index in [4.69, 9.17) is 4.98 Å². The summed E-state index contributed by atoms with van der Waals surface area (Å²) in [4.78, 5) is 47.0. The highest BCUT2D eigenvalue weighted by Crippen LogP contribution is 2.25. The van der Waals surface area contributed by atoms with Gasteiger partial charge in [-0.3, -0.25) is 24.3 Å². The Hall–Kier alpha value is -3.62. The van der Waals surface area contributed by atoms with E-state index in [1.54, 1.807) is 0 Å². The highest BCUT2D eigenvalue weighted by Gasteiger charge is 2.30. The summed E-state index contributed by atoms with van der Waals surface area (Å²) in [5.41, 5.74) is 1.86. The Morgan fingerprint density at radius 2 is 1.82 bits per heavy atom. The number of likely N-dealkylation sites (tertiary alicyclic amines) is 1. The number of carbonyl (C=O) groups excluding carboxylic acids is 3. The maximum Gasteiger partial charge on any atom is 0.262 e. The number of rotatable bonds is 8. The van der Waals surface area contributed by atoms with Gasteiger partial charge >= 0.3 is 0 Å². The molecule has 2 aromatic heterocycles. The van der Waals surface area contributed by atoms with Crippen LogP contribution in [0.4, 0.5) is 0 Å². The number of nitrogens with zero attached hydrogens (tertiary/aromatic N) is 2. The number of benzene rings is 2. The summed E-state index contributed by atoms with van der Waals surface area (Å²) < 4.78 is 1.03. The van der Waals surface area contributed by atoms with Gasteiger partial charge in [0.15, 0.2) is 5.78 Å². The molecule has 0 spiro atoms. The fraction of sp³-hybridized carbons (Fsp3) is 0.355. The number of aromatic nitrogens is 1. The van der Waals surface area contributed by atoms with Crippen LogP contribution < -0.4 is 10.6 Å². The van der Waals surface area contributed by atoms with Crippen molar-refractivity contribution in [2.45, 2.75) is 51.7 Å². The van der Waals surface area contributed by atoms with Gasteiger partial charge in [0.25, 0.3) is 5.91 Å². The maximum atomic E-state index is 13.3. The van der Waals surface area contributed by atoms with Gasteiger partial charge < -0.3 is 10.6 Å². The molecule has 2 amide bonds. The Bertz CT molecular complexity index is 1460. The Morgan fingerprint density at radius 1 is 1.05 bits per heavy atom. The van der Waals surface area contributed by atoms with Gasteiger partial charge in [0, 0.05) is 16.6 Å². The molecule has 7 nitrogen and oxygen atoms in total. The number of carbonyl (C=O) groups is 3. The number of pyridine rings is 1. The van der Waals surface area contributed by atoms with Crippen molar-refractivity contribution in [1.82, 2.24) is 20.5 Å². The number of amides is 2. The quantitative estimate of drug-likeness (QED) is 0.329. The molecule has 2 atom stereocenters. The predicted molar refractivity (Wildman–Crippen MR) is 156 cm³/mol. The molecule has 1 aliphatic rings. The lowest BCUT2D eigenvalue weighted by Gasteiger charge is -2.23. The van der Waals surface area contributed by atoms with Gasteiger partial charge in [-0.1, -0.05) is 56.3 Å². The number of Topliss-reactive ketones (excluding diaryl/α,β-unsaturated/α-hetero) is 1. The molecular formula is C31H34N4O3S. The van der Waals surface area contributed by atoms with E-state index < -0.39 is 12.1 Å². The molecule has 1 aliphatic heterocycles. The molecule has 5 rings (SSSR count). The topological polar surface area (TPSA) is 91.4 Å². The van der Waals surface area contributed by atoms with Crippen molar-refractivity contribution < 1.29 is 14.4 Å². The zero-order chi connectivity index (χ0) is 27.4. The first-order chi connectivity index (χ1) is 18.9. The smallest absolute Gasteiger partial charge is 0.262 e. The van der Waals surface area contributed by atoms with Crippen LogP contribution in [0, 0.1) is 5.92 Å². The van der Waals surface area contributed by atoms with Gasteiger partial charge in [0.05, 0.1) is 28.7 Å². The van der Waals surface area contributed by atoms with E-state index in [0.29, 0.717) is 24.3 Å². The molecular weight excluding hydrogens is 508 g/mol. The molecule has 0 bridgehead atoms. The molecule has 1 unspecified atom stereocenters. The SMILES string of the molecule is CC(C)CC(NC(=O)c1cc2ccccc2s1)C(=O)N[C@H]1CCCN(Cc2ccc3ccccc3n2)CC1=O.